The highest BCUT2D eigenvalue weighted by molar-refractivity contribution is 6.96. The molecular formula is C10H24ClNSi2. The Hall–Kier alpha value is 0.684. The van der Waals surface area contributed by atoms with E-state index < -0.39 is 16.5 Å². The van der Waals surface area contributed by atoms with Gasteiger partial charge >= 0.3 is 0 Å². The van der Waals surface area contributed by atoms with Crippen LogP contribution in [0.4, 0.5) is 0 Å². The van der Waals surface area contributed by atoms with Crippen LogP contribution in [-0.4, -0.2) is 22.4 Å². The molecule has 0 saturated carbocycles. The van der Waals surface area contributed by atoms with Crippen LogP contribution in [0.15, 0.2) is 0 Å². The van der Waals surface area contributed by atoms with Crippen molar-refractivity contribution in [1.82, 2.24) is 4.65 Å². The topological polar surface area (TPSA) is 12.0 Å². The van der Waals surface area contributed by atoms with Gasteiger partial charge in [0.1, 0.15) is 16.5 Å². The molecule has 0 aromatic carbocycles. The second kappa shape index (κ2) is 4.68. The highest BCUT2D eigenvalue weighted by Crippen LogP contribution is 2.40. The lowest BCUT2D eigenvalue weighted by Gasteiger charge is -2.25. The first kappa shape index (κ1) is 12.8. The van der Waals surface area contributed by atoms with Crippen molar-refractivity contribution in [3.05, 3.63) is 0 Å². The van der Waals surface area contributed by atoms with Crippen LogP contribution < -0.4 is 4.65 Å². The number of hydrogen-bond acceptors (Lipinski definition) is 1. The molecule has 1 N–H and O–H groups in total. The second-order valence-electron chi connectivity index (χ2n) is 5.82. The number of halogens is 1. The summed E-state index contributed by atoms with van der Waals surface area (Å²) in [5.41, 5.74) is 1.01. The fourth-order valence-electron chi connectivity index (χ4n) is 2.84. The van der Waals surface area contributed by atoms with E-state index in [1.165, 1.54) is 25.3 Å². The summed E-state index contributed by atoms with van der Waals surface area (Å²) >= 11 is 5.72. The molecule has 84 valence electrons. The minimum atomic E-state index is -1.09. The van der Waals surface area contributed by atoms with E-state index in [0.29, 0.717) is 0 Å². The van der Waals surface area contributed by atoms with E-state index in [2.05, 4.69) is 30.8 Å². The zero-order valence-corrected chi connectivity index (χ0v) is 12.7. The number of unbranched alkanes of at least 4 members (excludes halogenated alkanes) is 1. The van der Waals surface area contributed by atoms with Gasteiger partial charge in [-0.15, -0.1) is 11.6 Å². The van der Waals surface area contributed by atoms with Crippen molar-refractivity contribution in [3.8, 4) is 0 Å². The molecule has 4 heteroatoms. The van der Waals surface area contributed by atoms with Crippen molar-refractivity contribution < 1.29 is 0 Å². The number of hydrogen-bond donors (Lipinski definition) is 1. The predicted octanol–water partition coefficient (Wildman–Crippen LogP) is 3.78. The monoisotopic (exact) mass is 249 g/mol. The van der Waals surface area contributed by atoms with E-state index in [1.807, 2.05) is 0 Å². The first-order valence-corrected chi connectivity index (χ1v) is 12.5. The van der Waals surface area contributed by atoms with E-state index in [-0.39, 0.29) is 0 Å². The van der Waals surface area contributed by atoms with Crippen molar-refractivity contribution in [2.24, 2.45) is 0 Å². The first-order chi connectivity index (χ1) is 6.37. The summed E-state index contributed by atoms with van der Waals surface area (Å²) in [6, 6.07) is 1.49. The highest BCUT2D eigenvalue weighted by atomic mass is 35.5. The SMILES string of the molecule is C[Si]1(C)CC(CCCCCl)[Si](C)(C)N1. The van der Waals surface area contributed by atoms with Crippen LogP contribution in [0.1, 0.15) is 19.3 Å². The molecule has 14 heavy (non-hydrogen) atoms. The third kappa shape index (κ3) is 3.36. The van der Waals surface area contributed by atoms with Gasteiger partial charge < -0.3 is 4.65 Å². The molecule has 1 atom stereocenters. The maximum atomic E-state index is 5.72. The van der Waals surface area contributed by atoms with E-state index in [0.717, 1.165) is 11.4 Å². The number of rotatable bonds is 4. The molecule has 0 amide bonds. The third-order valence-electron chi connectivity index (χ3n) is 3.37. The van der Waals surface area contributed by atoms with Crippen LogP contribution >= 0.6 is 11.6 Å². The summed E-state index contributed by atoms with van der Waals surface area (Å²) in [7, 11) is -2.11. The van der Waals surface area contributed by atoms with Crippen LogP contribution in [0.2, 0.25) is 37.8 Å². The molecule has 0 radical (unpaired) electrons. The molecule has 1 aliphatic heterocycles. The van der Waals surface area contributed by atoms with Gasteiger partial charge in [-0.05, 0) is 18.0 Å². The Morgan fingerprint density at radius 1 is 1.21 bits per heavy atom. The van der Waals surface area contributed by atoms with Gasteiger partial charge in [0.25, 0.3) is 0 Å². The third-order valence-corrected chi connectivity index (χ3v) is 13.4. The van der Waals surface area contributed by atoms with E-state index in [4.69, 9.17) is 11.6 Å². The molecule has 0 spiro atoms. The molecule has 1 nitrogen and oxygen atoms in total. The van der Waals surface area contributed by atoms with Gasteiger partial charge in [-0.25, -0.2) is 0 Å². The molecule has 0 aliphatic carbocycles. The summed E-state index contributed by atoms with van der Waals surface area (Å²) in [6.45, 7) is 9.95. The largest absolute Gasteiger partial charge is 0.359 e. The highest BCUT2D eigenvalue weighted by Gasteiger charge is 2.46. The van der Waals surface area contributed by atoms with Crippen molar-refractivity contribution in [1.29, 1.82) is 0 Å². The van der Waals surface area contributed by atoms with Crippen LogP contribution in [0.5, 0.6) is 0 Å². The predicted molar refractivity (Wildman–Crippen MR) is 71.2 cm³/mol. The first-order valence-electron chi connectivity index (χ1n) is 5.73. The van der Waals surface area contributed by atoms with Crippen LogP contribution in [-0.2, 0) is 0 Å². The van der Waals surface area contributed by atoms with Crippen LogP contribution in [0.3, 0.4) is 0 Å². The minimum absolute atomic E-state index is 0.836. The summed E-state index contributed by atoms with van der Waals surface area (Å²) in [4.78, 5) is 0. The number of nitrogens with one attached hydrogen (secondary N) is 1. The second-order valence-corrected chi connectivity index (χ2v) is 15.6. The average Bonchev–Trinajstić information content (AvgIpc) is 2.20. The van der Waals surface area contributed by atoms with Gasteiger partial charge in [0.05, 0.1) is 0 Å². The summed E-state index contributed by atoms with van der Waals surface area (Å²) in [5, 5.41) is 0. The Bertz CT molecular complexity index is 195. The Labute approximate surface area is 95.8 Å². The van der Waals surface area contributed by atoms with Gasteiger partial charge in [0.15, 0.2) is 0 Å². The van der Waals surface area contributed by atoms with Crippen molar-refractivity contribution in [2.75, 3.05) is 5.88 Å². The lowest BCUT2D eigenvalue weighted by Crippen LogP contribution is -2.51. The Kier molecular flexibility index (Phi) is 4.26. The molecule has 0 aromatic rings. The molecule has 1 unspecified atom stereocenters. The maximum absolute atomic E-state index is 5.72. The lowest BCUT2D eigenvalue weighted by molar-refractivity contribution is 0.689. The molecule has 1 saturated heterocycles. The normalized spacial score (nSPS) is 29.4. The van der Waals surface area contributed by atoms with Crippen molar-refractivity contribution >= 4 is 28.1 Å². The average molecular weight is 250 g/mol. The zero-order chi connectivity index (χ0) is 10.8. The fraction of sp³-hybridized carbons (Fsp3) is 1.00. The maximum Gasteiger partial charge on any atom is 0.115 e. The molecule has 1 fully saturated rings. The molecule has 1 heterocycles. The van der Waals surface area contributed by atoms with Gasteiger partial charge in [-0.1, -0.05) is 39.0 Å². The van der Waals surface area contributed by atoms with Crippen molar-refractivity contribution in [3.63, 3.8) is 0 Å². The standard InChI is InChI=1S/C10H24ClNSi2/c1-13(2)9-10(7-5-6-8-11)14(3,4)12-13/h10,12H,5-9H2,1-4H3. The molecule has 0 bridgehead atoms. The molecule has 1 rings (SSSR count). The summed E-state index contributed by atoms with van der Waals surface area (Å²) in [5.74, 6) is 0.836. The Balaban J connectivity index is 2.44. The summed E-state index contributed by atoms with van der Waals surface area (Å²) < 4.78 is 3.99. The van der Waals surface area contributed by atoms with Gasteiger partial charge in [-0.3, -0.25) is 0 Å². The van der Waals surface area contributed by atoms with Crippen molar-refractivity contribution in [2.45, 2.75) is 57.0 Å². The smallest absolute Gasteiger partial charge is 0.115 e. The fourth-order valence-corrected chi connectivity index (χ4v) is 17.2. The Morgan fingerprint density at radius 3 is 2.29 bits per heavy atom. The summed E-state index contributed by atoms with van der Waals surface area (Å²) in [6.07, 6.45) is 3.94. The molecule has 0 aromatic heterocycles. The van der Waals surface area contributed by atoms with Gasteiger partial charge in [-0.2, -0.15) is 0 Å². The van der Waals surface area contributed by atoms with Gasteiger partial charge in [0.2, 0.25) is 0 Å². The van der Waals surface area contributed by atoms with Crippen LogP contribution in [0.25, 0.3) is 0 Å². The number of alkyl halides is 1. The molecule has 1 aliphatic rings. The minimum Gasteiger partial charge on any atom is -0.359 e. The molecular weight excluding hydrogens is 226 g/mol. The van der Waals surface area contributed by atoms with Crippen LogP contribution in [0, 0.1) is 0 Å². The quantitative estimate of drug-likeness (QED) is 0.454. The Morgan fingerprint density at radius 2 is 1.86 bits per heavy atom. The van der Waals surface area contributed by atoms with E-state index in [9.17, 15) is 0 Å². The van der Waals surface area contributed by atoms with E-state index in [1.54, 1.807) is 0 Å². The zero-order valence-electron chi connectivity index (χ0n) is 9.99. The lowest BCUT2D eigenvalue weighted by atomic mass is 10.2. The van der Waals surface area contributed by atoms with E-state index >= 15 is 0 Å². The van der Waals surface area contributed by atoms with Gasteiger partial charge in [0, 0.05) is 5.88 Å².